The van der Waals surface area contributed by atoms with E-state index in [-0.39, 0.29) is 26.1 Å². The van der Waals surface area contributed by atoms with Gasteiger partial charge < -0.3 is 33.0 Å². The molecule has 0 saturated carbocycles. The number of phosphoric acid groups is 1. The van der Waals surface area contributed by atoms with Crippen LogP contribution in [-0.4, -0.2) is 81.2 Å². The number of carbonyl (C=O) groups excluding carboxylic acids is 2. The first-order valence-electron chi connectivity index (χ1n) is 21.4. The van der Waals surface area contributed by atoms with Gasteiger partial charge in [-0.15, -0.1) is 0 Å². The van der Waals surface area contributed by atoms with Crippen molar-refractivity contribution in [1.82, 2.24) is 0 Å². The third-order valence-corrected chi connectivity index (χ3v) is 9.46. The Labute approximate surface area is 346 Å². The zero-order valence-corrected chi connectivity index (χ0v) is 37.0. The van der Waals surface area contributed by atoms with Crippen LogP contribution in [0.25, 0.3) is 0 Å². The molecule has 326 valence electrons. The van der Waals surface area contributed by atoms with E-state index in [9.17, 15) is 24.2 Å². The smallest absolute Gasteiger partial charge is 0.306 e. The topological polar surface area (TPSA) is 131 Å². The van der Waals surface area contributed by atoms with E-state index in [2.05, 4.69) is 68.5 Å². The van der Waals surface area contributed by atoms with E-state index in [1.54, 1.807) is 6.08 Å². The van der Waals surface area contributed by atoms with E-state index in [4.69, 9.17) is 18.5 Å². The lowest BCUT2D eigenvalue weighted by Crippen LogP contribution is -2.37. The molecule has 57 heavy (non-hydrogen) atoms. The summed E-state index contributed by atoms with van der Waals surface area (Å²) in [5, 5.41) is 9.88. The molecule has 0 radical (unpaired) electrons. The van der Waals surface area contributed by atoms with Crippen LogP contribution in [0.4, 0.5) is 0 Å². The fourth-order valence-corrected chi connectivity index (χ4v) is 5.88. The summed E-state index contributed by atoms with van der Waals surface area (Å²) in [6.45, 7) is 3.80. The van der Waals surface area contributed by atoms with E-state index >= 15 is 0 Å². The van der Waals surface area contributed by atoms with Gasteiger partial charge in [-0.05, 0) is 77.0 Å². The van der Waals surface area contributed by atoms with Crippen molar-refractivity contribution in [3.63, 3.8) is 0 Å². The lowest BCUT2D eigenvalue weighted by Gasteiger charge is -2.28. The Hall–Kier alpha value is -2.85. The van der Waals surface area contributed by atoms with Crippen LogP contribution in [0, 0.1) is 0 Å². The average molecular weight is 820 g/mol. The van der Waals surface area contributed by atoms with Crippen LogP contribution in [-0.2, 0) is 32.7 Å². The quantitative estimate of drug-likeness (QED) is 0.0162. The summed E-state index contributed by atoms with van der Waals surface area (Å²) in [5.41, 5.74) is 0. The first kappa shape index (κ1) is 54.2. The highest BCUT2D eigenvalue weighted by molar-refractivity contribution is 7.45. The number of hydrogen-bond donors (Lipinski definition) is 1. The van der Waals surface area contributed by atoms with Gasteiger partial charge in [-0.3, -0.25) is 14.2 Å². The van der Waals surface area contributed by atoms with Gasteiger partial charge in [0.1, 0.15) is 19.8 Å². The van der Waals surface area contributed by atoms with Crippen LogP contribution >= 0.6 is 7.82 Å². The molecule has 0 amide bonds. The number of carbonyl (C=O) groups is 2. The Morgan fingerprint density at radius 1 is 0.649 bits per heavy atom. The van der Waals surface area contributed by atoms with Crippen molar-refractivity contribution in [2.45, 2.75) is 148 Å². The number of likely N-dealkylation sites (N-methyl/N-ethyl adjacent to an activating group) is 1. The number of allylic oxidation sites excluding steroid dienone is 12. The zero-order valence-electron chi connectivity index (χ0n) is 36.1. The highest BCUT2D eigenvalue weighted by atomic mass is 31.2. The zero-order chi connectivity index (χ0) is 42.3. The molecular weight excluding hydrogens is 741 g/mol. The Morgan fingerprint density at radius 3 is 1.79 bits per heavy atom. The van der Waals surface area contributed by atoms with Crippen molar-refractivity contribution in [3.05, 3.63) is 85.1 Å². The number of rotatable bonds is 37. The SMILES string of the molecule is CC/C=C\C/C=C\C/C=C\C/C=C\CCCCCCC(=O)OC[C@H](COP(=O)([O-])OCC[N+](C)(C)C)OC(=O)CCCCCCC/C=C/C=C/C(O)C/C=C/CC. The van der Waals surface area contributed by atoms with E-state index in [0.29, 0.717) is 30.3 Å². The molecule has 0 heterocycles. The molecule has 11 heteroatoms. The highest BCUT2D eigenvalue weighted by Gasteiger charge is 2.21. The Kier molecular flexibility index (Phi) is 35.6. The normalized spacial score (nSPS) is 15.0. The van der Waals surface area contributed by atoms with Crippen LogP contribution in [0.15, 0.2) is 85.1 Å². The van der Waals surface area contributed by atoms with Crippen molar-refractivity contribution in [2.75, 3.05) is 47.5 Å². The summed E-state index contributed by atoms with van der Waals surface area (Å²) in [5.74, 6) is -0.926. The monoisotopic (exact) mass is 820 g/mol. The van der Waals surface area contributed by atoms with E-state index in [0.717, 1.165) is 89.9 Å². The first-order chi connectivity index (χ1) is 27.4. The maximum Gasteiger partial charge on any atom is 0.306 e. The third kappa shape index (κ3) is 41.1. The summed E-state index contributed by atoms with van der Waals surface area (Å²) in [6.07, 6.45) is 43.7. The van der Waals surface area contributed by atoms with E-state index in [1.165, 1.54) is 0 Å². The molecule has 0 saturated heterocycles. The van der Waals surface area contributed by atoms with Crippen LogP contribution in [0.3, 0.4) is 0 Å². The number of phosphoric ester groups is 1. The van der Waals surface area contributed by atoms with Gasteiger partial charge in [0.25, 0.3) is 7.82 Å². The van der Waals surface area contributed by atoms with Gasteiger partial charge in [-0.25, -0.2) is 0 Å². The number of hydrogen-bond acceptors (Lipinski definition) is 9. The fourth-order valence-electron chi connectivity index (χ4n) is 5.15. The largest absolute Gasteiger partial charge is 0.756 e. The van der Waals surface area contributed by atoms with Gasteiger partial charge in [-0.2, -0.15) is 0 Å². The van der Waals surface area contributed by atoms with Crippen molar-refractivity contribution in [1.29, 1.82) is 0 Å². The van der Waals surface area contributed by atoms with Crippen LogP contribution in [0.1, 0.15) is 136 Å². The van der Waals surface area contributed by atoms with Crippen molar-refractivity contribution in [3.8, 4) is 0 Å². The van der Waals surface area contributed by atoms with Gasteiger partial charge in [-0.1, -0.05) is 131 Å². The Balaban J connectivity index is 4.51. The second kappa shape index (κ2) is 37.4. The molecule has 0 fully saturated rings. The number of quaternary nitrogens is 1. The minimum atomic E-state index is -4.65. The molecule has 0 aromatic heterocycles. The highest BCUT2D eigenvalue weighted by Crippen LogP contribution is 2.38. The number of ether oxygens (including phenoxy) is 2. The van der Waals surface area contributed by atoms with Gasteiger partial charge in [0, 0.05) is 12.8 Å². The maximum atomic E-state index is 12.7. The molecule has 0 rings (SSSR count). The molecule has 0 aliphatic carbocycles. The summed E-state index contributed by atoms with van der Waals surface area (Å²) in [4.78, 5) is 37.5. The van der Waals surface area contributed by atoms with Crippen LogP contribution in [0.5, 0.6) is 0 Å². The predicted molar refractivity (Wildman–Crippen MR) is 232 cm³/mol. The molecule has 3 atom stereocenters. The van der Waals surface area contributed by atoms with E-state index < -0.39 is 38.6 Å². The molecule has 0 aliphatic heterocycles. The molecule has 1 N–H and O–H groups in total. The minimum Gasteiger partial charge on any atom is -0.756 e. The second-order valence-electron chi connectivity index (χ2n) is 15.1. The number of aliphatic hydroxyl groups excluding tert-OH is 1. The first-order valence-corrected chi connectivity index (χ1v) is 22.9. The van der Waals surface area contributed by atoms with Crippen molar-refractivity contribution < 1.29 is 47.2 Å². The number of esters is 2. The molecule has 0 bridgehead atoms. The average Bonchev–Trinajstić information content (AvgIpc) is 3.15. The Bertz CT molecular complexity index is 1260. The molecule has 2 unspecified atom stereocenters. The number of aliphatic hydroxyl groups is 1. The number of unbranched alkanes of at least 4 members (excludes halogenated alkanes) is 9. The molecule has 0 aromatic rings. The van der Waals surface area contributed by atoms with Crippen molar-refractivity contribution in [2.24, 2.45) is 0 Å². The molecule has 0 aromatic carbocycles. The fraction of sp³-hybridized carbons (Fsp3) is 0.652. The van der Waals surface area contributed by atoms with Gasteiger partial charge >= 0.3 is 11.9 Å². The molecule has 0 aliphatic rings. The van der Waals surface area contributed by atoms with Crippen LogP contribution in [0.2, 0.25) is 0 Å². The molecule has 10 nitrogen and oxygen atoms in total. The minimum absolute atomic E-state index is 0.0537. The van der Waals surface area contributed by atoms with Gasteiger partial charge in [0.05, 0.1) is 33.9 Å². The predicted octanol–water partition coefficient (Wildman–Crippen LogP) is 10.4. The molecule has 0 spiro atoms. The standard InChI is InChI=1S/C46H78NO9P/c1-6-8-10-11-12-13-14-15-16-17-18-19-20-23-26-29-33-37-45(49)53-41-44(42-55-57(51,52)54-40-39-47(3,4)5)56-46(50)38-34-30-27-24-21-22-25-28-32-36-43(48)35-31-9-7-2/h8-10,12-13,15-16,18-19,25,28,31-32,36,43-44,48H,6-7,11,14,17,20-24,26-27,29-30,33-35,37-42H2,1-5H3/b10-8-,13-12-,16-15-,19-18-,28-25+,31-9+,36-32+/t43?,44-/m1/s1. The van der Waals surface area contributed by atoms with Gasteiger partial charge in [0.15, 0.2) is 6.10 Å². The van der Waals surface area contributed by atoms with Gasteiger partial charge in [0.2, 0.25) is 0 Å². The molecular formula is C46H78NO9P. The summed E-state index contributed by atoms with van der Waals surface area (Å²) < 4.78 is 33.8. The summed E-state index contributed by atoms with van der Waals surface area (Å²) in [7, 11) is 1.09. The lowest BCUT2D eigenvalue weighted by molar-refractivity contribution is -0.870. The van der Waals surface area contributed by atoms with E-state index in [1.807, 2.05) is 45.4 Å². The lowest BCUT2D eigenvalue weighted by atomic mass is 10.1. The summed E-state index contributed by atoms with van der Waals surface area (Å²) >= 11 is 0. The third-order valence-electron chi connectivity index (χ3n) is 8.49. The second-order valence-corrected chi connectivity index (χ2v) is 16.6. The van der Waals surface area contributed by atoms with Crippen molar-refractivity contribution >= 4 is 19.8 Å². The Morgan fingerprint density at radius 2 is 1.18 bits per heavy atom. The maximum absolute atomic E-state index is 12.7. The van der Waals surface area contributed by atoms with Crippen LogP contribution < -0.4 is 4.89 Å². The number of nitrogens with zero attached hydrogens (tertiary/aromatic N) is 1. The summed E-state index contributed by atoms with van der Waals surface area (Å²) in [6, 6.07) is 0.